The van der Waals surface area contributed by atoms with Crippen LogP contribution in [0.3, 0.4) is 0 Å². The Balaban J connectivity index is 0.00000225. The number of carbonyl (C=O) groups is 1. The summed E-state index contributed by atoms with van der Waals surface area (Å²) in [4.78, 5) is 12.2. The van der Waals surface area contributed by atoms with Crippen molar-refractivity contribution in [1.29, 1.82) is 0 Å². The number of halogens is 1. The molecule has 0 aliphatic heterocycles. The molecule has 2 aromatic carbocycles. The summed E-state index contributed by atoms with van der Waals surface area (Å²) in [5.74, 6) is 0.00590. The fourth-order valence-corrected chi connectivity index (χ4v) is 2.74. The number of aryl methyl sites for hydroxylation is 2. The summed E-state index contributed by atoms with van der Waals surface area (Å²) in [5.41, 5.74) is 11.7. The lowest BCUT2D eigenvalue weighted by Crippen LogP contribution is -2.27. The molecule has 1 amide bonds. The van der Waals surface area contributed by atoms with E-state index in [0.29, 0.717) is 13.0 Å². The Morgan fingerprint density at radius 3 is 2.52 bits per heavy atom. The molecule has 3 rings (SSSR count). The number of hydrogen-bond acceptors (Lipinski definition) is 3. The maximum atomic E-state index is 12.2. The number of carbonyl (C=O) groups excluding carboxylic acids is 1. The van der Waals surface area contributed by atoms with Gasteiger partial charge in [-0.1, -0.05) is 12.1 Å². The van der Waals surface area contributed by atoms with Gasteiger partial charge in [-0.15, -0.1) is 12.4 Å². The van der Waals surface area contributed by atoms with Crippen molar-refractivity contribution >= 4 is 35.0 Å². The molecule has 0 saturated carbocycles. The average molecular weight is 359 g/mol. The van der Waals surface area contributed by atoms with E-state index in [-0.39, 0.29) is 18.3 Å². The topological polar surface area (TPSA) is 68.3 Å². The molecule has 5 heteroatoms. The molecule has 0 radical (unpaired) electrons. The highest BCUT2D eigenvalue weighted by Gasteiger charge is 2.11. The molecule has 1 aromatic heterocycles. The van der Waals surface area contributed by atoms with Gasteiger partial charge in [-0.2, -0.15) is 0 Å². The molecule has 3 aromatic rings. The zero-order chi connectivity index (χ0) is 17.1. The first-order chi connectivity index (χ1) is 11.5. The third kappa shape index (κ3) is 4.54. The summed E-state index contributed by atoms with van der Waals surface area (Å²) in [6.45, 7) is 4.73. The molecule has 0 fully saturated rings. The van der Waals surface area contributed by atoms with Gasteiger partial charge in [-0.25, -0.2) is 0 Å². The molecule has 4 nitrogen and oxygen atoms in total. The van der Waals surface area contributed by atoms with Crippen molar-refractivity contribution in [1.82, 2.24) is 5.32 Å². The predicted molar refractivity (Wildman–Crippen MR) is 104 cm³/mol. The number of furan rings is 1. The smallest absolute Gasteiger partial charge is 0.224 e. The number of anilines is 1. The van der Waals surface area contributed by atoms with E-state index in [1.807, 2.05) is 30.3 Å². The zero-order valence-corrected chi connectivity index (χ0v) is 15.3. The van der Waals surface area contributed by atoms with E-state index < -0.39 is 0 Å². The summed E-state index contributed by atoms with van der Waals surface area (Å²) < 4.78 is 5.58. The van der Waals surface area contributed by atoms with E-state index in [0.717, 1.165) is 34.2 Å². The Bertz CT molecular complexity index is 869. The summed E-state index contributed by atoms with van der Waals surface area (Å²) in [6.07, 6.45) is 2.80. The molecular weight excluding hydrogens is 336 g/mol. The zero-order valence-electron chi connectivity index (χ0n) is 14.5. The highest BCUT2D eigenvalue weighted by molar-refractivity contribution is 5.88. The average Bonchev–Trinajstić information content (AvgIpc) is 2.92. The van der Waals surface area contributed by atoms with Gasteiger partial charge in [0.15, 0.2) is 0 Å². The number of fused-ring (bicyclic) bond motifs is 1. The van der Waals surface area contributed by atoms with E-state index >= 15 is 0 Å². The van der Waals surface area contributed by atoms with Crippen LogP contribution >= 0.6 is 12.4 Å². The largest absolute Gasteiger partial charge is 0.464 e. The molecule has 0 atom stereocenters. The van der Waals surface area contributed by atoms with Crippen LogP contribution < -0.4 is 11.1 Å². The Hall–Kier alpha value is -2.46. The Morgan fingerprint density at radius 1 is 1.12 bits per heavy atom. The van der Waals surface area contributed by atoms with Gasteiger partial charge >= 0.3 is 0 Å². The number of nitrogens with two attached hydrogens (primary N) is 1. The number of rotatable bonds is 5. The summed E-state index contributed by atoms with van der Waals surface area (Å²) in [7, 11) is 0. The summed E-state index contributed by atoms with van der Waals surface area (Å²) in [5, 5.41) is 3.98. The summed E-state index contributed by atoms with van der Waals surface area (Å²) >= 11 is 0. The van der Waals surface area contributed by atoms with Crippen molar-refractivity contribution in [2.45, 2.75) is 26.7 Å². The van der Waals surface area contributed by atoms with Crippen molar-refractivity contribution in [2.75, 3.05) is 12.3 Å². The standard InChI is InChI=1S/C20H22N2O2.ClH/c1-13-9-18-16(12-24-19(18)10-14(13)2)11-20(23)22-8-7-15-3-5-17(21)6-4-15;/h3-6,9-10,12H,7-8,11,21H2,1-2H3,(H,22,23);1H. The molecule has 0 aliphatic rings. The molecular formula is C20H23ClN2O2. The van der Waals surface area contributed by atoms with E-state index in [4.69, 9.17) is 10.2 Å². The van der Waals surface area contributed by atoms with Crippen LogP contribution in [0, 0.1) is 13.8 Å². The molecule has 25 heavy (non-hydrogen) atoms. The lowest BCUT2D eigenvalue weighted by Gasteiger charge is -2.06. The van der Waals surface area contributed by atoms with Crippen LogP contribution in [0.15, 0.2) is 47.1 Å². The molecule has 0 spiro atoms. The van der Waals surface area contributed by atoms with E-state index in [2.05, 4.69) is 25.2 Å². The molecule has 1 heterocycles. The van der Waals surface area contributed by atoms with Crippen LogP contribution in [-0.2, 0) is 17.6 Å². The monoisotopic (exact) mass is 358 g/mol. The second kappa shape index (κ2) is 8.08. The lowest BCUT2D eigenvalue weighted by atomic mass is 10.0. The number of benzene rings is 2. The van der Waals surface area contributed by atoms with E-state index in [1.165, 1.54) is 11.1 Å². The van der Waals surface area contributed by atoms with Gasteiger partial charge in [0.2, 0.25) is 5.91 Å². The van der Waals surface area contributed by atoms with Crippen LogP contribution in [0.5, 0.6) is 0 Å². The van der Waals surface area contributed by atoms with Gasteiger partial charge < -0.3 is 15.5 Å². The van der Waals surface area contributed by atoms with E-state index in [1.54, 1.807) is 6.26 Å². The van der Waals surface area contributed by atoms with Gasteiger partial charge in [0.1, 0.15) is 5.58 Å². The van der Waals surface area contributed by atoms with Crippen LogP contribution in [0.2, 0.25) is 0 Å². The van der Waals surface area contributed by atoms with Crippen LogP contribution in [0.25, 0.3) is 11.0 Å². The first kappa shape index (κ1) is 18.9. The number of amides is 1. The molecule has 132 valence electrons. The van der Waals surface area contributed by atoms with E-state index in [9.17, 15) is 4.79 Å². The normalized spacial score (nSPS) is 10.5. The van der Waals surface area contributed by atoms with Crippen LogP contribution in [-0.4, -0.2) is 12.5 Å². The second-order valence-corrected chi connectivity index (χ2v) is 6.21. The first-order valence-electron chi connectivity index (χ1n) is 8.11. The van der Waals surface area contributed by atoms with Gasteiger partial charge in [0, 0.05) is 23.2 Å². The van der Waals surface area contributed by atoms with Crippen molar-refractivity contribution in [3.05, 3.63) is 64.9 Å². The highest BCUT2D eigenvalue weighted by atomic mass is 35.5. The summed E-state index contributed by atoms with van der Waals surface area (Å²) in [6, 6.07) is 11.8. The minimum absolute atomic E-state index is 0. The molecule has 0 saturated heterocycles. The fourth-order valence-electron chi connectivity index (χ4n) is 2.74. The molecule has 3 N–H and O–H groups in total. The predicted octanol–water partition coefficient (Wildman–Crippen LogP) is 3.96. The van der Waals surface area contributed by atoms with Gasteiger partial charge in [0.25, 0.3) is 0 Å². The molecule has 0 unspecified atom stereocenters. The maximum absolute atomic E-state index is 12.2. The molecule has 0 aliphatic carbocycles. The lowest BCUT2D eigenvalue weighted by molar-refractivity contribution is -0.120. The van der Waals surface area contributed by atoms with Crippen molar-refractivity contribution in [2.24, 2.45) is 0 Å². The minimum Gasteiger partial charge on any atom is -0.464 e. The Kier molecular flexibility index (Phi) is 6.10. The van der Waals surface area contributed by atoms with Gasteiger partial charge in [-0.05, 0) is 61.2 Å². The minimum atomic E-state index is 0. The molecule has 0 bridgehead atoms. The number of nitrogens with one attached hydrogen (secondary N) is 1. The van der Waals surface area contributed by atoms with Gasteiger partial charge in [0.05, 0.1) is 12.7 Å². The SMILES string of the molecule is Cc1cc2occ(CC(=O)NCCc3ccc(N)cc3)c2cc1C.Cl. The van der Waals surface area contributed by atoms with Crippen LogP contribution in [0.4, 0.5) is 5.69 Å². The Labute approximate surface area is 153 Å². The van der Waals surface area contributed by atoms with Crippen molar-refractivity contribution in [3.63, 3.8) is 0 Å². The Morgan fingerprint density at radius 2 is 1.80 bits per heavy atom. The number of nitrogen functional groups attached to an aromatic ring is 1. The fraction of sp³-hybridized carbons (Fsp3) is 0.250. The number of hydrogen-bond donors (Lipinski definition) is 2. The third-order valence-electron chi connectivity index (χ3n) is 4.34. The van der Waals surface area contributed by atoms with Crippen molar-refractivity contribution in [3.8, 4) is 0 Å². The quantitative estimate of drug-likeness (QED) is 0.678. The highest BCUT2D eigenvalue weighted by Crippen LogP contribution is 2.25. The van der Waals surface area contributed by atoms with Crippen LogP contribution in [0.1, 0.15) is 22.3 Å². The van der Waals surface area contributed by atoms with Crippen molar-refractivity contribution < 1.29 is 9.21 Å². The van der Waals surface area contributed by atoms with Gasteiger partial charge in [-0.3, -0.25) is 4.79 Å². The first-order valence-corrected chi connectivity index (χ1v) is 8.11. The third-order valence-corrected chi connectivity index (χ3v) is 4.34. The second-order valence-electron chi connectivity index (χ2n) is 6.21. The maximum Gasteiger partial charge on any atom is 0.224 e.